The zero-order chi connectivity index (χ0) is 8.10. The van der Waals surface area contributed by atoms with E-state index in [0.717, 1.165) is 5.06 Å². The normalized spacial score (nSPS) is 23.0. The van der Waals surface area contributed by atoms with Crippen LogP contribution in [0, 0.1) is 0 Å². The summed E-state index contributed by atoms with van der Waals surface area (Å²) in [6, 6.07) is 0. The van der Waals surface area contributed by atoms with Crippen LogP contribution in [0.25, 0.3) is 0 Å². The maximum Gasteiger partial charge on any atom is 0.257 e. The summed E-state index contributed by atoms with van der Waals surface area (Å²) in [5.74, 6) is 0. The minimum absolute atomic E-state index is 0.279. The fraction of sp³-hybridized carbons (Fsp3) is 0.200. The average Bonchev–Trinajstić information content (AvgIpc) is 2.03. The van der Waals surface area contributed by atoms with Gasteiger partial charge in [0.25, 0.3) is 12.7 Å². The first-order chi connectivity index (χ1) is 5.34. The molecule has 1 aliphatic heterocycles. The first kappa shape index (κ1) is 7.55. The molecule has 6 nitrogen and oxygen atoms in total. The number of hydrogen-bond acceptors (Lipinski definition) is 5. The fourth-order valence-electron chi connectivity index (χ4n) is 0.568. The molecule has 0 unspecified atom stereocenters. The van der Waals surface area contributed by atoms with Crippen LogP contribution in [0.5, 0.6) is 0 Å². The molecule has 1 amide bonds. The molecule has 0 spiro atoms. The Bertz CT molecular complexity index is 223. The van der Waals surface area contributed by atoms with E-state index in [1.165, 1.54) is 18.5 Å². The molecule has 0 aromatic rings. The highest BCUT2D eigenvalue weighted by atomic mass is 16.5. The van der Waals surface area contributed by atoms with Gasteiger partial charge in [0.15, 0.2) is 0 Å². The lowest BCUT2D eigenvalue weighted by Gasteiger charge is -2.17. The Labute approximate surface area is 62.5 Å². The Kier molecular flexibility index (Phi) is 2.45. The molecule has 1 aliphatic rings. The quantitative estimate of drug-likeness (QED) is 0.454. The maximum atomic E-state index is 9.72. The second-order valence-corrected chi connectivity index (χ2v) is 1.70. The first-order valence-electron chi connectivity index (χ1n) is 2.85. The largest absolute Gasteiger partial charge is 0.285 e. The van der Waals surface area contributed by atoms with E-state index in [1.807, 2.05) is 0 Å². The van der Waals surface area contributed by atoms with Gasteiger partial charge in [-0.05, 0) is 6.08 Å². The summed E-state index contributed by atoms with van der Waals surface area (Å²) in [6.45, 7) is 0. The number of amides is 1. The smallest absolute Gasteiger partial charge is 0.257 e. The first-order valence-corrected chi connectivity index (χ1v) is 2.85. The molecule has 0 aliphatic carbocycles. The zero-order valence-electron chi connectivity index (χ0n) is 5.53. The van der Waals surface area contributed by atoms with Crippen LogP contribution >= 0.6 is 0 Å². The van der Waals surface area contributed by atoms with Gasteiger partial charge < -0.3 is 0 Å². The van der Waals surface area contributed by atoms with Gasteiger partial charge in [-0.3, -0.25) is 10.0 Å². The van der Waals surface area contributed by atoms with Gasteiger partial charge in [-0.2, -0.15) is 0 Å². The van der Waals surface area contributed by atoms with Crippen molar-refractivity contribution >= 4 is 12.6 Å². The minimum atomic E-state index is -0.829. The van der Waals surface area contributed by atoms with Crippen molar-refractivity contribution < 1.29 is 10.0 Å². The molecule has 0 aromatic carbocycles. The van der Waals surface area contributed by atoms with Crippen LogP contribution in [0.4, 0.5) is 0 Å². The molecule has 1 N–H and O–H groups in total. The lowest BCUT2D eigenvalue weighted by molar-refractivity contribution is -0.108. The standard InChI is InChI=1S/C5H6N4O2/c10-4-7-8-5-6-2-1-3-9(5)11/h1-5,11H/t5-/m1/s1. The summed E-state index contributed by atoms with van der Waals surface area (Å²) in [5, 5.41) is 16.1. The van der Waals surface area contributed by atoms with Crippen molar-refractivity contribution in [3.63, 3.8) is 0 Å². The van der Waals surface area contributed by atoms with E-state index in [-0.39, 0.29) is 6.41 Å². The van der Waals surface area contributed by atoms with Crippen molar-refractivity contribution in [1.82, 2.24) is 5.06 Å². The number of azo groups is 1. The molecule has 11 heavy (non-hydrogen) atoms. The van der Waals surface area contributed by atoms with Gasteiger partial charge in [-0.25, -0.2) is 10.1 Å². The van der Waals surface area contributed by atoms with Gasteiger partial charge in [-0.1, -0.05) is 0 Å². The Morgan fingerprint density at radius 1 is 1.73 bits per heavy atom. The molecule has 0 radical (unpaired) electrons. The van der Waals surface area contributed by atoms with Crippen LogP contribution in [0.15, 0.2) is 27.5 Å². The predicted molar refractivity (Wildman–Crippen MR) is 36.0 cm³/mol. The van der Waals surface area contributed by atoms with E-state index in [2.05, 4.69) is 15.2 Å². The van der Waals surface area contributed by atoms with Gasteiger partial charge in [0.1, 0.15) is 0 Å². The molecular weight excluding hydrogens is 148 g/mol. The maximum absolute atomic E-state index is 9.72. The molecule has 0 aromatic heterocycles. The second kappa shape index (κ2) is 3.57. The van der Waals surface area contributed by atoms with E-state index in [0.29, 0.717) is 0 Å². The van der Waals surface area contributed by atoms with Crippen LogP contribution in [0.3, 0.4) is 0 Å². The SMILES string of the molecule is O=CN=N[C@H]1N=CC=CN1O. The van der Waals surface area contributed by atoms with E-state index in [1.54, 1.807) is 0 Å². The predicted octanol–water partition coefficient (Wildman–Crippen LogP) is 0.168. The van der Waals surface area contributed by atoms with Crippen molar-refractivity contribution in [1.29, 1.82) is 0 Å². The fourth-order valence-corrected chi connectivity index (χ4v) is 0.568. The van der Waals surface area contributed by atoms with E-state index >= 15 is 0 Å². The van der Waals surface area contributed by atoms with Gasteiger partial charge >= 0.3 is 0 Å². The molecule has 0 bridgehead atoms. The lowest BCUT2D eigenvalue weighted by atomic mass is 10.6. The van der Waals surface area contributed by atoms with Crippen molar-refractivity contribution in [2.24, 2.45) is 15.2 Å². The van der Waals surface area contributed by atoms with E-state index in [9.17, 15) is 4.79 Å². The summed E-state index contributed by atoms with van der Waals surface area (Å²) >= 11 is 0. The number of nitrogens with zero attached hydrogens (tertiary/aromatic N) is 4. The Morgan fingerprint density at radius 3 is 3.18 bits per heavy atom. The van der Waals surface area contributed by atoms with Crippen LogP contribution < -0.4 is 0 Å². The highest BCUT2D eigenvalue weighted by molar-refractivity contribution is 5.71. The van der Waals surface area contributed by atoms with Crippen molar-refractivity contribution in [2.75, 3.05) is 0 Å². The molecule has 0 saturated heterocycles. The topological polar surface area (TPSA) is 77.6 Å². The van der Waals surface area contributed by atoms with E-state index in [4.69, 9.17) is 5.21 Å². The zero-order valence-corrected chi connectivity index (χ0v) is 5.53. The monoisotopic (exact) mass is 154 g/mol. The summed E-state index contributed by atoms with van der Waals surface area (Å²) in [4.78, 5) is 13.4. The number of carbonyl (C=O) groups excluding carboxylic acids is 1. The molecule has 1 rings (SSSR count). The summed E-state index contributed by atoms with van der Waals surface area (Å²) in [6.07, 6.45) is 3.81. The highest BCUT2D eigenvalue weighted by Gasteiger charge is 2.10. The van der Waals surface area contributed by atoms with Crippen LogP contribution in [0.1, 0.15) is 0 Å². The van der Waals surface area contributed by atoms with Crippen LogP contribution in [-0.2, 0) is 4.79 Å². The summed E-state index contributed by atoms with van der Waals surface area (Å²) in [7, 11) is 0. The van der Waals surface area contributed by atoms with E-state index < -0.39 is 6.29 Å². The third-order valence-electron chi connectivity index (χ3n) is 0.998. The molecule has 58 valence electrons. The minimum Gasteiger partial charge on any atom is -0.285 e. The average molecular weight is 154 g/mol. The van der Waals surface area contributed by atoms with Crippen molar-refractivity contribution in [3.05, 3.63) is 12.3 Å². The van der Waals surface area contributed by atoms with Gasteiger partial charge in [-0.15, -0.1) is 10.2 Å². The van der Waals surface area contributed by atoms with Crippen molar-refractivity contribution in [2.45, 2.75) is 6.29 Å². The number of allylic oxidation sites excluding steroid dienone is 1. The molecule has 1 heterocycles. The van der Waals surface area contributed by atoms with Gasteiger partial charge in [0, 0.05) is 12.4 Å². The number of hydrogen-bond donors (Lipinski definition) is 1. The Morgan fingerprint density at radius 2 is 2.55 bits per heavy atom. The number of carbonyl (C=O) groups is 1. The summed E-state index contributed by atoms with van der Waals surface area (Å²) in [5.41, 5.74) is 0. The third-order valence-corrected chi connectivity index (χ3v) is 0.998. The number of rotatable bonds is 2. The van der Waals surface area contributed by atoms with Gasteiger partial charge in [0.2, 0.25) is 0 Å². The van der Waals surface area contributed by atoms with Crippen LogP contribution in [0.2, 0.25) is 0 Å². The highest BCUT2D eigenvalue weighted by Crippen LogP contribution is 2.03. The molecule has 1 atom stereocenters. The van der Waals surface area contributed by atoms with Gasteiger partial charge in [0.05, 0.1) is 0 Å². The molecule has 6 heteroatoms. The Balaban J connectivity index is 2.58. The van der Waals surface area contributed by atoms with Crippen LogP contribution in [-0.4, -0.2) is 29.2 Å². The molecule has 0 fully saturated rings. The van der Waals surface area contributed by atoms with Crippen molar-refractivity contribution in [3.8, 4) is 0 Å². The number of hydroxylamine groups is 2. The summed E-state index contributed by atoms with van der Waals surface area (Å²) < 4.78 is 0. The number of aliphatic imine (C=N–C) groups is 1. The Hall–Kier alpha value is -1.56. The third kappa shape index (κ3) is 1.94. The molecular formula is C5H6N4O2. The molecule has 0 saturated carbocycles. The second-order valence-electron chi connectivity index (χ2n) is 1.70. The lowest BCUT2D eigenvalue weighted by Crippen LogP contribution is -2.25.